The third kappa shape index (κ3) is 2.54. The first-order chi connectivity index (χ1) is 9.74. The van der Waals surface area contributed by atoms with Gasteiger partial charge in [-0.3, -0.25) is 14.8 Å². The summed E-state index contributed by atoms with van der Waals surface area (Å²) in [6.45, 7) is 3.36. The van der Waals surface area contributed by atoms with Crippen LogP contribution in [0.4, 0.5) is 0 Å². The van der Waals surface area contributed by atoms with Gasteiger partial charge >= 0.3 is 0 Å². The maximum absolute atomic E-state index is 12.1. The Morgan fingerprint density at radius 2 is 2.05 bits per heavy atom. The lowest BCUT2D eigenvalue weighted by Crippen LogP contribution is -2.37. The summed E-state index contributed by atoms with van der Waals surface area (Å²) in [4.78, 5) is 26.4. The molecule has 3 rings (SSSR count). The number of carbonyl (C=O) groups is 1. The minimum absolute atomic E-state index is 0.0868. The van der Waals surface area contributed by atoms with Crippen LogP contribution < -0.4 is 0 Å². The van der Waals surface area contributed by atoms with Gasteiger partial charge < -0.3 is 9.32 Å². The molecule has 0 N–H and O–H groups in total. The number of oxazole rings is 1. The fourth-order valence-electron chi connectivity index (χ4n) is 2.54. The molecule has 0 spiro atoms. The van der Waals surface area contributed by atoms with Crippen LogP contribution in [0.1, 0.15) is 40.7 Å². The molecule has 0 aliphatic carbocycles. The molecule has 1 saturated heterocycles. The quantitative estimate of drug-likeness (QED) is 0.833. The first-order valence-electron chi connectivity index (χ1n) is 6.70. The van der Waals surface area contributed by atoms with E-state index in [0.717, 1.165) is 24.2 Å². The van der Waals surface area contributed by atoms with Crippen LogP contribution in [-0.2, 0) is 0 Å². The molecule has 0 radical (unpaired) electrons. The molecule has 1 amide bonds. The molecule has 6 heteroatoms. The van der Waals surface area contributed by atoms with Gasteiger partial charge in [-0.1, -0.05) is 0 Å². The maximum Gasteiger partial charge on any atom is 0.291 e. The minimum Gasteiger partial charge on any atom is -0.438 e. The zero-order chi connectivity index (χ0) is 13.9. The van der Waals surface area contributed by atoms with E-state index in [1.165, 1.54) is 12.6 Å². The molecule has 0 aromatic carbocycles. The van der Waals surface area contributed by atoms with Gasteiger partial charge in [-0.25, -0.2) is 4.98 Å². The molecule has 0 bridgehead atoms. The van der Waals surface area contributed by atoms with Crippen LogP contribution in [0.3, 0.4) is 0 Å². The average Bonchev–Trinajstić information content (AvgIpc) is 3.01. The standard InChI is InChI=1S/C14H16N4O2/c1-10-6-15-7-12(17-10)11-2-4-18(5-3-11)14(19)13-8-16-9-20-13/h6-9,11H,2-5H2,1H3. The molecule has 0 saturated carbocycles. The first-order valence-corrected chi connectivity index (χ1v) is 6.70. The van der Waals surface area contributed by atoms with Gasteiger partial charge in [-0.15, -0.1) is 0 Å². The lowest BCUT2D eigenvalue weighted by atomic mass is 9.93. The lowest BCUT2D eigenvalue weighted by Gasteiger charge is -2.31. The van der Waals surface area contributed by atoms with E-state index in [0.29, 0.717) is 24.8 Å². The van der Waals surface area contributed by atoms with Crippen LogP contribution in [0.15, 0.2) is 29.4 Å². The van der Waals surface area contributed by atoms with Crippen LogP contribution in [0, 0.1) is 6.92 Å². The summed E-state index contributed by atoms with van der Waals surface area (Å²) >= 11 is 0. The second-order valence-corrected chi connectivity index (χ2v) is 5.02. The Balaban J connectivity index is 1.64. The number of hydrogen-bond acceptors (Lipinski definition) is 5. The SMILES string of the molecule is Cc1cncc(C2CCN(C(=O)c3cnco3)CC2)n1. The number of likely N-dealkylation sites (tertiary alicyclic amines) is 1. The van der Waals surface area contributed by atoms with E-state index in [1.54, 1.807) is 11.1 Å². The van der Waals surface area contributed by atoms with Crippen molar-refractivity contribution in [3.05, 3.63) is 42.1 Å². The van der Waals surface area contributed by atoms with Gasteiger partial charge in [0.1, 0.15) is 0 Å². The number of amides is 1. The molecule has 1 aliphatic heterocycles. The Morgan fingerprint density at radius 1 is 1.25 bits per heavy atom. The Morgan fingerprint density at radius 3 is 2.70 bits per heavy atom. The molecule has 20 heavy (non-hydrogen) atoms. The zero-order valence-corrected chi connectivity index (χ0v) is 11.3. The number of nitrogens with zero attached hydrogens (tertiary/aromatic N) is 4. The highest BCUT2D eigenvalue weighted by Crippen LogP contribution is 2.27. The van der Waals surface area contributed by atoms with Crippen molar-refractivity contribution in [1.82, 2.24) is 19.9 Å². The fraction of sp³-hybridized carbons (Fsp3) is 0.429. The topological polar surface area (TPSA) is 72.1 Å². The van der Waals surface area contributed by atoms with Crippen molar-refractivity contribution >= 4 is 5.91 Å². The molecule has 2 aromatic rings. The summed E-state index contributed by atoms with van der Waals surface area (Å²) in [7, 11) is 0. The highest BCUT2D eigenvalue weighted by molar-refractivity contribution is 5.91. The lowest BCUT2D eigenvalue weighted by molar-refractivity contribution is 0.0680. The molecule has 1 fully saturated rings. The molecule has 1 aliphatic rings. The van der Waals surface area contributed by atoms with Crippen molar-refractivity contribution in [3.8, 4) is 0 Å². The third-order valence-electron chi connectivity index (χ3n) is 3.62. The van der Waals surface area contributed by atoms with E-state index in [2.05, 4.69) is 15.0 Å². The summed E-state index contributed by atoms with van der Waals surface area (Å²) in [6, 6.07) is 0. The van der Waals surface area contributed by atoms with Gasteiger partial charge in [0, 0.05) is 31.4 Å². The number of carbonyl (C=O) groups excluding carboxylic acids is 1. The number of aryl methyl sites for hydroxylation is 1. The molecule has 6 nitrogen and oxygen atoms in total. The van der Waals surface area contributed by atoms with E-state index in [9.17, 15) is 4.79 Å². The van der Waals surface area contributed by atoms with Crippen molar-refractivity contribution in [2.45, 2.75) is 25.7 Å². The first kappa shape index (κ1) is 12.8. The van der Waals surface area contributed by atoms with Crippen molar-refractivity contribution < 1.29 is 9.21 Å². The van der Waals surface area contributed by atoms with Gasteiger partial charge in [0.05, 0.1) is 17.6 Å². The van der Waals surface area contributed by atoms with Gasteiger partial charge in [-0.05, 0) is 19.8 Å². The average molecular weight is 272 g/mol. The van der Waals surface area contributed by atoms with Crippen LogP contribution in [0.25, 0.3) is 0 Å². The summed E-state index contributed by atoms with van der Waals surface area (Å²) < 4.78 is 5.05. The number of rotatable bonds is 2. The van der Waals surface area contributed by atoms with Gasteiger partial charge in [-0.2, -0.15) is 0 Å². The zero-order valence-electron chi connectivity index (χ0n) is 11.3. The third-order valence-corrected chi connectivity index (χ3v) is 3.62. The van der Waals surface area contributed by atoms with Crippen LogP contribution in [-0.4, -0.2) is 38.8 Å². The normalized spacial score (nSPS) is 16.4. The van der Waals surface area contributed by atoms with Gasteiger partial charge in [0.2, 0.25) is 5.76 Å². The summed E-state index contributed by atoms with van der Waals surface area (Å²) in [5.41, 5.74) is 1.96. The Hall–Kier alpha value is -2.24. The molecular formula is C14H16N4O2. The van der Waals surface area contributed by atoms with Crippen molar-refractivity contribution in [2.24, 2.45) is 0 Å². The van der Waals surface area contributed by atoms with Crippen molar-refractivity contribution in [1.29, 1.82) is 0 Å². The minimum atomic E-state index is -0.0868. The Bertz CT molecular complexity index is 589. The summed E-state index contributed by atoms with van der Waals surface area (Å²) in [5, 5.41) is 0. The Labute approximate surface area is 116 Å². The maximum atomic E-state index is 12.1. The van der Waals surface area contributed by atoms with E-state index in [4.69, 9.17) is 4.42 Å². The largest absolute Gasteiger partial charge is 0.438 e. The summed E-state index contributed by atoms with van der Waals surface area (Å²) in [6.07, 6.45) is 8.12. The number of piperidine rings is 1. The molecule has 0 atom stereocenters. The fourth-order valence-corrected chi connectivity index (χ4v) is 2.54. The highest BCUT2D eigenvalue weighted by atomic mass is 16.3. The molecule has 2 aromatic heterocycles. The predicted octanol–water partition coefficient (Wildman–Crippen LogP) is 1.79. The van der Waals surface area contributed by atoms with E-state index in [-0.39, 0.29) is 5.91 Å². The van der Waals surface area contributed by atoms with Crippen molar-refractivity contribution in [3.63, 3.8) is 0 Å². The van der Waals surface area contributed by atoms with E-state index >= 15 is 0 Å². The smallest absolute Gasteiger partial charge is 0.291 e. The molecule has 0 unspecified atom stereocenters. The Kier molecular flexibility index (Phi) is 3.45. The molecule has 3 heterocycles. The summed E-state index contributed by atoms with van der Waals surface area (Å²) in [5.74, 6) is 0.594. The predicted molar refractivity (Wildman–Crippen MR) is 71.2 cm³/mol. The second-order valence-electron chi connectivity index (χ2n) is 5.02. The van der Waals surface area contributed by atoms with E-state index in [1.807, 2.05) is 13.1 Å². The van der Waals surface area contributed by atoms with Gasteiger partial charge in [0.25, 0.3) is 5.91 Å². The van der Waals surface area contributed by atoms with Crippen LogP contribution in [0.2, 0.25) is 0 Å². The van der Waals surface area contributed by atoms with Crippen LogP contribution >= 0.6 is 0 Å². The van der Waals surface area contributed by atoms with Gasteiger partial charge in [0.15, 0.2) is 6.39 Å². The monoisotopic (exact) mass is 272 g/mol. The van der Waals surface area contributed by atoms with E-state index < -0.39 is 0 Å². The number of aromatic nitrogens is 3. The number of hydrogen-bond donors (Lipinski definition) is 0. The van der Waals surface area contributed by atoms with Crippen LogP contribution in [0.5, 0.6) is 0 Å². The molecule has 104 valence electrons. The second kappa shape index (κ2) is 5.40. The van der Waals surface area contributed by atoms with Crippen molar-refractivity contribution in [2.75, 3.05) is 13.1 Å². The highest BCUT2D eigenvalue weighted by Gasteiger charge is 2.26. The molecular weight excluding hydrogens is 256 g/mol.